The van der Waals surface area contributed by atoms with Crippen molar-refractivity contribution < 1.29 is 37.0 Å². The Hall–Kier alpha value is -3.05. The summed E-state index contributed by atoms with van der Waals surface area (Å²) in [7, 11) is 5.59. The number of nitrogens with two attached hydrogens (primary N) is 1. The molecule has 1 aromatic rings. The van der Waals surface area contributed by atoms with Gasteiger partial charge in [-0.15, -0.1) is 0 Å². The van der Waals surface area contributed by atoms with Crippen molar-refractivity contribution in [3.63, 3.8) is 0 Å². The van der Waals surface area contributed by atoms with E-state index in [-0.39, 0.29) is 36.3 Å². The molecule has 0 aliphatic carbocycles. The van der Waals surface area contributed by atoms with Crippen LogP contribution in [0.1, 0.15) is 30.0 Å². The number of rotatable bonds is 7. The molecule has 3 atom stereocenters. The maximum atomic E-state index is 13.9. The molecule has 0 amide bonds. The first-order valence-electron chi connectivity index (χ1n) is 9.57. The molecule has 2 radical (unpaired) electrons. The Kier molecular flexibility index (Phi) is 7.58. The summed E-state index contributed by atoms with van der Waals surface area (Å²) in [5.41, 5.74) is 3.67. The molecule has 172 valence electrons. The Morgan fingerprint density at radius 2 is 2.12 bits per heavy atom. The molecule has 1 unspecified atom stereocenters. The number of carbonyl (C=O) groups excluding carboxylic acids is 2. The zero-order valence-corrected chi connectivity index (χ0v) is 17.4. The van der Waals surface area contributed by atoms with Crippen LogP contribution in [-0.4, -0.2) is 67.2 Å². The molecule has 32 heavy (non-hydrogen) atoms. The van der Waals surface area contributed by atoms with Crippen LogP contribution in [0, 0.1) is 6.92 Å². The Bertz CT molecular complexity index is 952. The van der Waals surface area contributed by atoms with Crippen LogP contribution < -0.4 is 11.2 Å². The van der Waals surface area contributed by atoms with Crippen LogP contribution >= 0.6 is 0 Å². The van der Waals surface area contributed by atoms with E-state index < -0.39 is 53.2 Å². The zero-order chi connectivity index (χ0) is 24.4. The molecule has 1 fully saturated rings. The highest BCUT2D eigenvalue weighted by Gasteiger charge is 2.43. The minimum atomic E-state index is -4.85. The van der Waals surface area contributed by atoms with Gasteiger partial charge >= 0.3 is 12.1 Å². The summed E-state index contributed by atoms with van der Waals surface area (Å²) >= 11 is 0. The van der Waals surface area contributed by atoms with Gasteiger partial charge in [0.1, 0.15) is 14.0 Å². The fourth-order valence-electron chi connectivity index (χ4n) is 3.36. The van der Waals surface area contributed by atoms with Crippen molar-refractivity contribution in [3.05, 3.63) is 35.2 Å². The highest BCUT2D eigenvalue weighted by molar-refractivity contribution is 6.34. The summed E-state index contributed by atoms with van der Waals surface area (Å²) in [6.07, 6.45) is -6.05. The number of anilines is 1. The lowest BCUT2D eigenvalue weighted by Gasteiger charge is -2.25. The molecule has 7 nitrogen and oxygen atoms in total. The average Bonchev–Trinajstić information content (AvgIpc) is 3.09. The van der Waals surface area contributed by atoms with E-state index in [9.17, 15) is 32.3 Å². The molecule has 3 N–H and O–H groups in total. The number of hydrogen-bond acceptors (Lipinski definition) is 7. The maximum Gasteiger partial charge on any atom is 0.417 e. The number of ether oxygens (including phenoxy) is 1. The second kappa shape index (κ2) is 9.62. The zero-order valence-electron chi connectivity index (χ0n) is 17.4. The number of esters is 1. The highest BCUT2D eigenvalue weighted by atomic mass is 19.4. The van der Waals surface area contributed by atoms with Gasteiger partial charge in [-0.25, -0.2) is 9.18 Å². The summed E-state index contributed by atoms with van der Waals surface area (Å²) < 4.78 is 59.2. The summed E-state index contributed by atoms with van der Waals surface area (Å²) in [4.78, 5) is 30.1. The molecule has 1 aromatic carbocycles. The number of aliphatic hydroxyl groups excluding tert-OH is 1. The number of alkyl halides is 4. The molecule has 1 aliphatic rings. The van der Waals surface area contributed by atoms with Crippen LogP contribution in [0.25, 0.3) is 0 Å². The number of nitrogens with zero attached hydrogens (tertiary/aromatic N) is 2. The summed E-state index contributed by atoms with van der Waals surface area (Å²) in [5.74, 6) is -2.69. The van der Waals surface area contributed by atoms with Crippen molar-refractivity contribution >= 4 is 37.0 Å². The van der Waals surface area contributed by atoms with E-state index in [1.807, 2.05) is 0 Å². The average molecular weight is 455 g/mol. The van der Waals surface area contributed by atoms with E-state index in [1.165, 1.54) is 13.8 Å². The number of nitrogen functional groups attached to an aromatic ring is 1. The van der Waals surface area contributed by atoms with Gasteiger partial charge in [0, 0.05) is 23.9 Å². The molecular weight excluding hydrogens is 433 g/mol. The molecule has 12 heteroatoms. The minimum Gasteiger partial charge on any atom is -0.495 e. The number of benzene rings is 1. The third-order valence-electron chi connectivity index (χ3n) is 5.06. The first-order chi connectivity index (χ1) is 14.8. The topological polar surface area (TPSA) is 105 Å². The molecule has 0 aromatic heterocycles. The summed E-state index contributed by atoms with van der Waals surface area (Å²) in [6.45, 7) is 5.65. The van der Waals surface area contributed by atoms with Crippen molar-refractivity contribution in [1.29, 1.82) is 0 Å². The predicted octanol–water partition coefficient (Wildman–Crippen LogP) is 1.75. The van der Waals surface area contributed by atoms with Crippen LogP contribution in [0.15, 0.2) is 23.5 Å². The van der Waals surface area contributed by atoms with E-state index in [2.05, 4.69) is 11.6 Å². The number of aliphatic hydroxyl groups is 1. The van der Waals surface area contributed by atoms with Gasteiger partial charge < -0.3 is 20.5 Å². The van der Waals surface area contributed by atoms with Gasteiger partial charge in [0.15, 0.2) is 11.7 Å². The fourth-order valence-corrected chi connectivity index (χ4v) is 3.36. The first-order valence-corrected chi connectivity index (χ1v) is 9.57. The van der Waals surface area contributed by atoms with Gasteiger partial charge in [0.05, 0.1) is 24.8 Å². The van der Waals surface area contributed by atoms with Crippen molar-refractivity contribution in [2.45, 2.75) is 44.7 Å². The van der Waals surface area contributed by atoms with Crippen molar-refractivity contribution in [2.24, 2.45) is 4.99 Å². The lowest BCUT2D eigenvalue weighted by atomic mass is 9.86. The van der Waals surface area contributed by atoms with Crippen LogP contribution in [0.4, 0.5) is 23.2 Å². The Balaban J connectivity index is 2.53. The van der Waals surface area contributed by atoms with Crippen LogP contribution in [-0.2, 0) is 20.5 Å². The SMILES string of the molecule is [B]c1cc(C(F)(F)F)c(C=NC(C(=O)OCC)C(=O)[C@@H]2C[C@@H](F)CN2C(=C)O)c(N)c1C. The minimum absolute atomic E-state index is 0.137. The number of ketones is 1. The van der Waals surface area contributed by atoms with Crippen LogP contribution in [0.5, 0.6) is 0 Å². The molecule has 1 aliphatic heterocycles. The van der Waals surface area contributed by atoms with Gasteiger partial charge in [-0.05, 0) is 26.0 Å². The number of hydrogen-bond donors (Lipinski definition) is 2. The standard InChI is InChI=1S/C20H22BF4N3O4/c1-4-32-19(31)17(18(30)15-5-11(22)8-28(15)10(3)29)27-7-12-13(20(23,24)25)6-14(21)9(2)16(12)26/h6-7,11,15,17,29H,3-5,8,26H2,1-2H3/t11-,15+,17?/m1/s1. The molecule has 2 rings (SSSR count). The van der Waals surface area contributed by atoms with Gasteiger partial charge in [-0.2, -0.15) is 13.2 Å². The second-order valence-electron chi connectivity index (χ2n) is 7.22. The third-order valence-corrected chi connectivity index (χ3v) is 5.06. The fraction of sp³-hybridized carbons (Fsp3) is 0.450. The smallest absolute Gasteiger partial charge is 0.417 e. The Morgan fingerprint density at radius 3 is 2.66 bits per heavy atom. The number of carbonyl (C=O) groups is 2. The lowest BCUT2D eigenvalue weighted by molar-refractivity contribution is -0.148. The normalized spacial score (nSPS) is 19.9. The number of aliphatic imine (C=N–C) groups is 1. The lowest BCUT2D eigenvalue weighted by Crippen LogP contribution is -2.44. The van der Waals surface area contributed by atoms with Crippen molar-refractivity contribution in [1.82, 2.24) is 4.90 Å². The molecule has 1 saturated heterocycles. The molecule has 0 bridgehead atoms. The molecule has 0 saturated carbocycles. The maximum absolute atomic E-state index is 13.9. The van der Waals surface area contributed by atoms with Crippen molar-refractivity contribution in [3.8, 4) is 0 Å². The van der Waals surface area contributed by atoms with E-state index in [1.54, 1.807) is 0 Å². The second-order valence-corrected chi connectivity index (χ2v) is 7.22. The van der Waals surface area contributed by atoms with Gasteiger partial charge in [-0.3, -0.25) is 9.79 Å². The van der Waals surface area contributed by atoms with Crippen molar-refractivity contribution in [2.75, 3.05) is 18.9 Å². The summed E-state index contributed by atoms with van der Waals surface area (Å²) in [5, 5.41) is 9.64. The first kappa shape index (κ1) is 25.2. The van der Waals surface area contributed by atoms with E-state index in [4.69, 9.17) is 18.3 Å². The van der Waals surface area contributed by atoms with Crippen LogP contribution in [0.2, 0.25) is 0 Å². The van der Waals surface area contributed by atoms with E-state index in [0.29, 0.717) is 12.3 Å². The monoisotopic (exact) mass is 455 g/mol. The van der Waals surface area contributed by atoms with E-state index in [0.717, 1.165) is 4.90 Å². The highest BCUT2D eigenvalue weighted by Crippen LogP contribution is 2.34. The number of halogens is 4. The number of likely N-dealkylation sites (tertiary alicyclic amines) is 1. The molecule has 0 spiro atoms. The van der Waals surface area contributed by atoms with Gasteiger partial charge in [0.25, 0.3) is 0 Å². The third kappa shape index (κ3) is 5.22. The number of Topliss-reactive ketones (excluding diaryl/α,β-unsaturated/α-hetero) is 1. The largest absolute Gasteiger partial charge is 0.495 e. The Morgan fingerprint density at radius 1 is 1.50 bits per heavy atom. The quantitative estimate of drug-likeness (QED) is 0.124. The predicted molar refractivity (Wildman–Crippen MR) is 111 cm³/mol. The molecule has 1 heterocycles. The van der Waals surface area contributed by atoms with E-state index >= 15 is 0 Å². The summed E-state index contributed by atoms with van der Waals surface area (Å²) in [6, 6.07) is -2.54. The Labute approximate surface area is 183 Å². The van der Waals surface area contributed by atoms with Gasteiger partial charge in [0.2, 0.25) is 6.04 Å². The molecular formula is C20H22BF4N3O4. The van der Waals surface area contributed by atoms with Gasteiger partial charge in [-0.1, -0.05) is 11.5 Å². The van der Waals surface area contributed by atoms with Crippen LogP contribution in [0.3, 0.4) is 0 Å².